The third kappa shape index (κ3) is 7.66. The van der Waals surface area contributed by atoms with Crippen LogP contribution in [0.3, 0.4) is 0 Å². The van der Waals surface area contributed by atoms with Crippen LogP contribution in [0.4, 0.5) is 0 Å². The zero-order valence-electron chi connectivity index (χ0n) is 13.7. The molecule has 0 radical (unpaired) electrons. The number of hydrogen-bond acceptors (Lipinski definition) is 2. The SMILES string of the molecule is CCNC(=NCc1ccc(C)cc1C)NC(C)COC.I. The first-order valence-corrected chi connectivity index (χ1v) is 7.16. The third-order valence-electron chi connectivity index (χ3n) is 3.05. The van der Waals surface area contributed by atoms with E-state index in [1.54, 1.807) is 7.11 Å². The molecular weight excluding hydrogens is 377 g/mol. The van der Waals surface area contributed by atoms with Crippen LogP contribution in [0.5, 0.6) is 0 Å². The number of halogens is 1. The first-order valence-electron chi connectivity index (χ1n) is 7.16. The van der Waals surface area contributed by atoms with E-state index in [1.807, 2.05) is 0 Å². The Morgan fingerprint density at radius 2 is 2.05 bits per heavy atom. The summed E-state index contributed by atoms with van der Waals surface area (Å²) in [7, 11) is 1.71. The van der Waals surface area contributed by atoms with Gasteiger partial charge in [0.1, 0.15) is 0 Å². The Kier molecular flexibility index (Phi) is 10.4. The number of aryl methyl sites for hydroxylation is 2. The summed E-state index contributed by atoms with van der Waals surface area (Å²) in [4.78, 5) is 4.64. The molecule has 1 unspecified atom stereocenters. The summed E-state index contributed by atoms with van der Waals surface area (Å²) in [5.41, 5.74) is 3.83. The van der Waals surface area contributed by atoms with Crippen LogP contribution >= 0.6 is 24.0 Å². The van der Waals surface area contributed by atoms with Gasteiger partial charge in [-0.3, -0.25) is 0 Å². The number of rotatable bonds is 6. The minimum absolute atomic E-state index is 0. The predicted octanol–water partition coefficient (Wildman–Crippen LogP) is 3.01. The highest BCUT2D eigenvalue weighted by Crippen LogP contribution is 2.11. The second kappa shape index (κ2) is 10.8. The summed E-state index contributed by atoms with van der Waals surface area (Å²) in [6.45, 7) is 10.6. The highest BCUT2D eigenvalue weighted by molar-refractivity contribution is 14.0. The Morgan fingerprint density at radius 1 is 1.33 bits per heavy atom. The maximum atomic E-state index is 5.13. The zero-order chi connectivity index (χ0) is 15.0. The van der Waals surface area contributed by atoms with Gasteiger partial charge in [0.25, 0.3) is 0 Å². The van der Waals surface area contributed by atoms with Gasteiger partial charge >= 0.3 is 0 Å². The van der Waals surface area contributed by atoms with Crippen LogP contribution < -0.4 is 10.6 Å². The van der Waals surface area contributed by atoms with Crippen LogP contribution in [0.2, 0.25) is 0 Å². The Morgan fingerprint density at radius 3 is 2.62 bits per heavy atom. The summed E-state index contributed by atoms with van der Waals surface area (Å²) in [5.74, 6) is 0.831. The van der Waals surface area contributed by atoms with Crippen molar-refractivity contribution in [3.8, 4) is 0 Å². The van der Waals surface area contributed by atoms with Gasteiger partial charge in [0.15, 0.2) is 5.96 Å². The molecular formula is C16H28IN3O. The molecule has 0 bridgehead atoms. The Balaban J connectivity index is 0.00000400. The van der Waals surface area contributed by atoms with E-state index in [2.05, 4.69) is 61.5 Å². The van der Waals surface area contributed by atoms with E-state index >= 15 is 0 Å². The van der Waals surface area contributed by atoms with Crippen LogP contribution in [-0.2, 0) is 11.3 Å². The monoisotopic (exact) mass is 405 g/mol. The van der Waals surface area contributed by atoms with Crippen molar-refractivity contribution in [3.05, 3.63) is 34.9 Å². The quantitative estimate of drug-likeness (QED) is 0.435. The van der Waals surface area contributed by atoms with Crippen molar-refractivity contribution in [1.29, 1.82) is 0 Å². The number of nitrogens with zero attached hydrogens (tertiary/aromatic N) is 1. The first kappa shape index (κ1) is 20.2. The maximum absolute atomic E-state index is 5.13. The van der Waals surface area contributed by atoms with Crippen LogP contribution in [0.1, 0.15) is 30.5 Å². The number of methoxy groups -OCH3 is 1. The number of guanidine groups is 1. The van der Waals surface area contributed by atoms with E-state index < -0.39 is 0 Å². The number of benzene rings is 1. The second-order valence-corrected chi connectivity index (χ2v) is 5.13. The molecule has 1 atom stereocenters. The van der Waals surface area contributed by atoms with E-state index in [0.29, 0.717) is 13.2 Å². The molecule has 21 heavy (non-hydrogen) atoms. The molecule has 0 aromatic heterocycles. The molecule has 1 aromatic rings. The lowest BCUT2D eigenvalue weighted by molar-refractivity contribution is 0.179. The van der Waals surface area contributed by atoms with E-state index in [-0.39, 0.29) is 30.0 Å². The van der Waals surface area contributed by atoms with Gasteiger partial charge in [-0.15, -0.1) is 24.0 Å². The van der Waals surface area contributed by atoms with Crippen molar-refractivity contribution in [2.24, 2.45) is 4.99 Å². The first-order chi connectivity index (χ1) is 9.56. The van der Waals surface area contributed by atoms with Crippen LogP contribution in [0.15, 0.2) is 23.2 Å². The molecule has 2 N–H and O–H groups in total. The van der Waals surface area contributed by atoms with Gasteiger partial charge in [-0.2, -0.15) is 0 Å². The fourth-order valence-corrected chi connectivity index (χ4v) is 2.03. The summed E-state index contributed by atoms with van der Waals surface area (Å²) >= 11 is 0. The van der Waals surface area contributed by atoms with Crippen molar-refractivity contribution >= 4 is 29.9 Å². The van der Waals surface area contributed by atoms with Crippen molar-refractivity contribution < 1.29 is 4.74 Å². The molecule has 0 saturated carbocycles. The van der Waals surface area contributed by atoms with E-state index in [1.165, 1.54) is 16.7 Å². The van der Waals surface area contributed by atoms with Gasteiger partial charge in [-0.25, -0.2) is 4.99 Å². The molecule has 4 nitrogen and oxygen atoms in total. The molecule has 0 aliphatic carbocycles. The smallest absolute Gasteiger partial charge is 0.191 e. The fourth-order valence-electron chi connectivity index (χ4n) is 2.03. The molecule has 0 aliphatic heterocycles. The standard InChI is InChI=1S/C16H27N3O.HI/c1-6-17-16(19-14(4)11-20-5)18-10-15-8-7-12(2)9-13(15)3;/h7-9,14H,6,10-11H2,1-5H3,(H2,17,18,19);1H. The minimum atomic E-state index is 0. The van der Waals surface area contributed by atoms with E-state index in [9.17, 15) is 0 Å². The topological polar surface area (TPSA) is 45.7 Å². The van der Waals surface area contributed by atoms with Crippen molar-refractivity contribution in [2.75, 3.05) is 20.3 Å². The molecule has 5 heteroatoms. The van der Waals surface area contributed by atoms with E-state index in [4.69, 9.17) is 4.74 Å². The van der Waals surface area contributed by atoms with Crippen molar-refractivity contribution in [3.63, 3.8) is 0 Å². The number of ether oxygens (including phenoxy) is 1. The molecule has 0 saturated heterocycles. The highest BCUT2D eigenvalue weighted by Gasteiger charge is 2.05. The third-order valence-corrected chi connectivity index (χ3v) is 3.05. The molecule has 120 valence electrons. The number of nitrogens with one attached hydrogen (secondary N) is 2. The van der Waals surface area contributed by atoms with Gasteiger partial charge in [0.2, 0.25) is 0 Å². The summed E-state index contributed by atoms with van der Waals surface area (Å²) < 4.78 is 5.13. The molecule has 0 heterocycles. The zero-order valence-corrected chi connectivity index (χ0v) is 16.0. The second-order valence-electron chi connectivity index (χ2n) is 5.13. The number of aliphatic imine (C=N–C) groups is 1. The van der Waals surface area contributed by atoms with Crippen molar-refractivity contribution in [1.82, 2.24) is 10.6 Å². The summed E-state index contributed by atoms with van der Waals surface area (Å²) in [6, 6.07) is 6.71. The fraction of sp³-hybridized carbons (Fsp3) is 0.562. The van der Waals surface area contributed by atoms with Gasteiger partial charge < -0.3 is 15.4 Å². The van der Waals surface area contributed by atoms with Gasteiger partial charge in [-0.1, -0.05) is 23.8 Å². The van der Waals surface area contributed by atoms with Crippen LogP contribution in [0, 0.1) is 13.8 Å². The average Bonchev–Trinajstić information content (AvgIpc) is 2.38. The summed E-state index contributed by atoms with van der Waals surface area (Å²) in [6.07, 6.45) is 0. The van der Waals surface area contributed by atoms with E-state index in [0.717, 1.165) is 12.5 Å². The molecule has 0 fully saturated rings. The molecule has 0 amide bonds. The molecule has 0 aliphatic rings. The van der Waals surface area contributed by atoms with Crippen LogP contribution in [-0.4, -0.2) is 32.3 Å². The Hall–Kier alpha value is -0.820. The predicted molar refractivity (Wildman–Crippen MR) is 101 cm³/mol. The summed E-state index contributed by atoms with van der Waals surface area (Å²) in [5, 5.41) is 6.59. The lowest BCUT2D eigenvalue weighted by Gasteiger charge is -2.17. The Bertz CT molecular complexity index is 449. The normalized spacial score (nSPS) is 12.5. The molecule has 1 aromatic carbocycles. The average molecular weight is 405 g/mol. The van der Waals surface area contributed by atoms with Crippen molar-refractivity contribution in [2.45, 2.75) is 40.3 Å². The highest BCUT2D eigenvalue weighted by atomic mass is 127. The minimum Gasteiger partial charge on any atom is -0.383 e. The van der Waals surface area contributed by atoms with Crippen LogP contribution in [0.25, 0.3) is 0 Å². The Labute approximate surface area is 145 Å². The lowest BCUT2D eigenvalue weighted by atomic mass is 10.1. The van der Waals surface area contributed by atoms with Gasteiger partial charge in [0.05, 0.1) is 13.2 Å². The van der Waals surface area contributed by atoms with Gasteiger partial charge in [-0.05, 0) is 38.8 Å². The molecule has 0 spiro atoms. The largest absolute Gasteiger partial charge is 0.383 e. The van der Waals surface area contributed by atoms with Gasteiger partial charge in [0, 0.05) is 19.7 Å². The maximum Gasteiger partial charge on any atom is 0.191 e. The lowest BCUT2D eigenvalue weighted by Crippen LogP contribution is -2.43. The number of hydrogen-bond donors (Lipinski definition) is 2. The molecule has 1 rings (SSSR count).